The smallest absolute Gasteiger partial charge is 0.261 e. The van der Waals surface area contributed by atoms with Gasteiger partial charge in [-0.1, -0.05) is 6.07 Å². The lowest BCUT2D eigenvalue weighted by molar-refractivity contribution is -0.122. The highest BCUT2D eigenvalue weighted by Gasteiger charge is 2.16. The Balaban J connectivity index is 1.32. The molecule has 1 atom stereocenters. The fraction of sp³-hybridized carbons (Fsp3) is 0.333. The van der Waals surface area contributed by atoms with Crippen LogP contribution < -0.4 is 21.1 Å². The van der Waals surface area contributed by atoms with Crippen LogP contribution >= 0.6 is 0 Å². The summed E-state index contributed by atoms with van der Waals surface area (Å²) < 4.78 is 14.6. The van der Waals surface area contributed by atoms with E-state index in [1.807, 2.05) is 24.3 Å². The molecule has 9 heteroatoms. The number of hydrogen-bond donors (Lipinski definition) is 2. The third kappa shape index (κ3) is 5.54. The molecule has 3 aromatic rings. The van der Waals surface area contributed by atoms with Crippen molar-refractivity contribution in [2.75, 3.05) is 23.3 Å². The molecular weight excluding hydrogens is 425 g/mol. The summed E-state index contributed by atoms with van der Waals surface area (Å²) in [5, 5.41) is 5.70. The van der Waals surface area contributed by atoms with Gasteiger partial charge in [0, 0.05) is 36.9 Å². The van der Waals surface area contributed by atoms with Gasteiger partial charge in [-0.2, -0.15) is 0 Å². The minimum Gasteiger partial charge on any atom is -0.371 e. The Morgan fingerprint density at radius 2 is 1.91 bits per heavy atom. The molecule has 1 unspecified atom stereocenters. The van der Waals surface area contributed by atoms with Crippen molar-refractivity contribution in [3.8, 4) is 0 Å². The highest BCUT2D eigenvalue weighted by atomic mass is 19.1. The number of rotatable bonds is 7. The minimum atomic E-state index is -0.547. The van der Waals surface area contributed by atoms with Crippen LogP contribution in [0.1, 0.15) is 26.2 Å². The maximum Gasteiger partial charge on any atom is 0.261 e. The first kappa shape index (κ1) is 22.4. The SMILES string of the molecule is CC(CC(=O)Nc1cccc(N2CCCC2)c1)NC(=O)Cn1cnc2ccc(F)cc2c1=O. The van der Waals surface area contributed by atoms with E-state index in [9.17, 15) is 18.8 Å². The molecule has 2 amide bonds. The quantitative estimate of drug-likeness (QED) is 0.576. The third-order valence-electron chi connectivity index (χ3n) is 5.60. The summed E-state index contributed by atoms with van der Waals surface area (Å²) in [5.74, 6) is -1.21. The summed E-state index contributed by atoms with van der Waals surface area (Å²) in [7, 11) is 0. The monoisotopic (exact) mass is 451 g/mol. The molecule has 0 saturated carbocycles. The Morgan fingerprint density at radius 3 is 2.70 bits per heavy atom. The minimum absolute atomic E-state index is 0.0791. The molecule has 2 aromatic carbocycles. The number of hydrogen-bond acceptors (Lipinski definition) is 5. The molecule has 1 aliphatic heterocycles. The van der Waals surface area contributed by atoms with Gasteiger partial charge in [-0.05, 0) is 56.2 Å². The molecule has 0 spiro atoms. The van der Waals surface area contributed by atoms with Gasteiger partial charge in [0.15, 0.2) is 0 Å². The average molecular weight is 452 g/mol. The van der Waals surface area contributed by atoms with E-state index in [0.29, 0.717) is 11.2 Å². The van der Waals surface area contributed by atoms with E-state index < -0.39 is 23.3 Å². The molecule has 1 fully saturated rings. The fourth-order valence-corrected chi connectivity index (χ4v) is 4.02. The first-order chi connectivity index (χ1) is 15.9. The average Bonchev–Trinajstić information content (AvgIpc) is 3.31. The number of amides is 2. The highest BCUT2D eigenvalue weighted by molar-refractivity contribution is 5.92. The lowest BCUT2D eigenvalue weighted by Gasteiger charge is -2.19. The zero-order valence-corrected chi connectivity index (χ0v) is 18.4. The Morgan fingerprint density at radius 1 is 1.12 bits per heavy atom. The summed E-state index contributed by atoms with van der Waals surface area (Å²) in [6.07, 6.45) is 3.68. The van der Waals surface area contributed by atoms with E-state index in [2.05, 4.69) is 20.5 Å². The van der Waals surface area contributed by atoms with Crippen LogP contribution in [0, 0.1) is 5.82 Å². The largest absolute Gasteiger partial charge is 0.371 e. The van der Waals surface area contributed by atoms with Crippen LogP contribution in [0.25, 0.3) is 10.9 Å². The first-order valence-electron chi connectivity index (χ1n) is 11.0. The number of anilines is 2. The number of aromatic nitrogens is 2. The molecule has 1 saturated heterocycles. The Bertz CT molecular complexity index is 1240. The van der Waals surface area contributed by atoms with E-state index in [4.69, 9.17) is 0 Å². The number of nitrogens with zero attached hydrogens (tertiary/aromatic N) is 3. The van der Waals surface area contributed by atoms with Crippen LogP contribution in [0.4, 0.5) is 15.8 Å². The number of fused-ring (bicyclic) bond motifs is 1. The normalized spacial score (nSPS) is 14.3. The molecule has 1 aromatic heterocycles. The van der Waals surface area contributed by atoms with Crippen LogP contribution in [-0.4, -0.2) is 40.5 Å². The predicted octanol–water partition coefficient (Wildman–Crippen LogP) is 2.67. The Kier molecular flexibility index (Phi) is 6.67. The van der Waals surface area contributed by atoms with Crippen LogP contribution in [0.3, 0.4) is 0 Å². The number of benzene rings is 2. The summed E-state index contributed by atoms with van der Waals surface area (Å²) in [6, 6.07) is 11.0. The van der Waals surface area contributed by atoms with Gasteiger partial charge < -0.3 is 15.5 Å². The molecule has 8 nitrogen and oxygen atoms in total. The van der Waals surface area contributed by atoms with Crippen molar-refractivity contribution in [1.82, 2.24) is 14.9 Å². The molecule has 1 aliphatic rings. The van der Waals surface area contributed by atoms with Gasteiger partial charge in [-0.3, -0.25) is 19.0 Å². The zero-order valence-electron chi connectivity index (χ0n) is 18.4. The topological polar surface area (TPSA) is 96.3 Å². The molecular formula is C24H26FN5O3. The molecule has 172 valence electrons. The van der Waals surface area contributed by atoms with Crippen LogP contribution in [0.2, 0.25) is 0 Å². The molecule has 2 heterocycles. The third-order valence-corrected chi connectivity index (χ3v) is 5.60. The first-order valence-corrected chi connectivity index (χ1v) is 11.0. The van der Waals surface area contributed by atoms with E-state index in [0.717, 1.165) is 29.4 Å². The van der Waals surface area contributed by atoms with Crippen molar-refractivity contribution in [3.05, 3.63) is 65.0 Å². The highest BCUT2D eigenvalue weighted by Crippen LogP contribution is 2.23. The van der Waals surface area contributed by atoms with Crippen molar-refractivity contribution in [3.63, 3.8) is 0 Å². The standard InChI is InChI=1S/C24H26FN5O3/c1-16(11-22(31)28-18-5-4-6-19(13-18)29-9-2-3-10-29)27-23(32)14-30-15-26-21-8-7-17(25)12-20(21)24(30)33/h4-8,12-13,15-16H,2-3,9-11,14H2,1H3,(H,27,32)(H,28,31). The van der Waals surface area contributed by atoms with Gasteiger partial charge in [0.2, 0.25) is 11.8 Å². The van der Waals surface area contributed by atoms with E-state index >= 15 is 0 Å². The number of carbonyl (C=O) groups is 2. The van der Waals surface area contributed by atoms with E-state index in [1.165, 1.54) is 31.3 Å². The maximum atomic E-state index is 13.5. The van der Waals surface area contributed by atoms with Gasteiger partial charge in [0.1, 0.15) is 12.4 Å². The van der Waals surface area contributed by atoms with Crippen molar-refractivity contribution in [1.29, 1.82) is 0 Å². The van der Waals surface area contributed by atoms with Crippen molar-refractivity contribution in [2.24, 2.45) is 0 Å². The van der Waals surface area contributed by atoms with Crippen molar-refractivity contribution in [2.45, 2.75) is 38.8 Å². The van der Waals surface area contributed by atoms with Gasteiger partial charge in [-0.15, -0.1) is 0 Å². The molecule has 2 N–H and O–H groups in total. The van der Waals surface area contributed by atoms with Crippen molar-refractivity contribution < 1.29 is 14.0 Å². The second-order valence-corrected chi connectivity index (χ2v) is 8.30. The van der Waals surface area contributed by atoms with Gasteiger partial charge in [0.25, 0.3) is 5.56 Å². The number of carbonyl (C=O) groups excluding carboxylic acids is 2. The number of halogens is 1. The van der Waals surface area contributed by atoms with E-state index in [-0.39, 0.29) is 24.3 Å². The Hall–Kier alpha value is -3.75. The molecule has 0 radical (unpaired) electrons. The predicted molar refractivity (Wildman–Crippen MR) is 125 cm³/mol. The van der Waals surface area contributed by atoms with Crippen LogP contribution in [0.15, 0.2) is 53.6 Å². The second-order valence-electron chi connectivity index (χ2n) is 8.30. The summed E-state index contributed by atoms with van der Waals surface area (Å²) in [4.78, 5) is 43.7. The zero-order chi connectivity index (χ0) is 23.4. The van der Waals surface area contributed by atoms with Crippen LogP contribution in [0.5, 0.6) is 0 Å². The summed E-state index contributed by atoms with van der Waals surface area (Å²) in [6.45, 7) is 3.48. The van der Waals surface area contributed by atoms with E-state index in [1.54, 1.807) is 6.92 Å². The lowest BCUT2D eigenvalue weighted by Crippen LogP contribution is -2.39. The second kappa shape index (κ2) is 9.81. The van der Waals surface area contributed by atoms with Crippen molar-refractivity contribution >= 4 is 34.1 Å². The fourth-order valence-electron chi connectivity index (χ4n) is 4.02. The molecule has 0 bridgehead atoms. The molecule has 0 aliphatic carbocycles. The lowest BCUT2D eigenvalue weighted by atomic mass is 10.2. The number of nitrogens with one attached hydrogen (secondary N) is 2. The Labute approximate surface area is 190 Å². The summed E-state index contributed by atoms with van der Waals surface area (Å²) in [5.41, 5.74) is 1.65. The maximum absolute atomic E-state index is 13.5. The van der Waals surface area contributed by atoms with Gasteiger partial charge in [-0.25, -0.2) is 9.37 Å². The van der Waals surface area contributed by atoms with Gasteiger partial charge in [0.05, 0.1) is 17.2 Å². The van der Waals surface area contributed by atoms with Crippen LogP contribution in [-0.2, 0) is 16.1 Å². The van der Waals surface area contributed by atoms with Gasteiger partial charge >= 0.3 is 0 Å². The molecule has 4 rings (SSSR count). The summed E-state index contributed by atoms with van der Waals surface area (Å²) >= 11 is 0. The molecule has 33 heavy (non-hydrogen) atoms.